The minimum atomic E-state index is -1.39. The molecule has 3 heterocycles. The van der Waals surface area contributed by atoms with Crippen LogP contribution in [-0.2, 0) is 25.8 Å². The third-order valence-corrected chi connectivity index (χ3v) is 5.87. The van der Waals surface area contributed by atoms with Crippen LogP contribution < -0.4 is 21.7 Å². The summed E-state index contributed by atoms with van der Waals surface area (Å²) < 4.78 is 15.8. The first-order chi connectivity index (χ1) is 15.4. The summed E-state index contributed by atoms with van der Waals surface area (Å²) >= 11 is 6.07. The van der Waals surface area contributed by atoms with Crippen LogP contribution in [0.5, 0.6) is 0 Å². The molecule has 2 aliphatic heterocycles. The van der Waals surface area contributed by atoms with Crippen LogP contribution in [0, 0.1) is 5.82 Å². The van der Waals surface area contributed by atoms with Crippen molar-refractivity contribution in [2.75, 3.05) is 11.9 Å². The van der Waals surface area contributed by atoms with Crippen LogP contribution in [0.4, 0.5) is 10.1 Å². The van der Waals surface area contributed by atoms with Crippen LogP contribution >= 0.6 is 11.6 Å². The van der Waals surface area contributed by atoms with E-state index in [0.717, 1.165) is 36.3 Å². The van der Waals surface area contributed by atoms with Crippen molar-refractivity contribution >= 4 is 28.7 Å². The molecule has 1 aromatic heterocycles. The van der Waals surface area contributed by atoms with Crippen molar-refractivity contribution < 1.29 is 4.39 Å². The molecule has 0 amide bonds. The monoisotopic (exact) mass is 451 g/mol. The molecule has 3 aromatic rings. The topological polar surface area (TPSA) is 92.3 Å². The third-order valence-electron chi connectivity index (χ3n) is 5.65. The molecule has 2 aliphatic rings. The minimum absolute atomic E-state index is 0.251. The fourth-order valence-corrected chi connectivity index (χ4v) is 4.23. The van der Waals surface area contributed by atoms with Crippen molar-refractivity contribution in [3.8, 4) is 0 Å². The van der Waals surface area contributed by atoms with Gasteiger partial charge in [-0.1, -0.05) is 17.7 Å². The largest absolute Gasteiger partial charge is 0.351 e. The molecule has 1 unspecified atom stereocenters. The lowest BCUT2D eigenvalue weighted by molar-refractivity contribution is 0.409. The van der Waals surface area contributed by atoms with Gasteiger partial charge >= 0.3 is 0 Å². The van der Waals surface area contributed by atoms with Crippen molar-refractivity contribution in [1.29, 1.82) is 0 Å². The number of benzene rings is 2. The number of aliphatic imine (C=N–C) groups is 1. The number of aryl methyl sites for hydroxylation is 1. The molecule has 0 radical (unpaired) electrons. The Morgan fingerprint density at radius 1 is 1.22 bits per heavy atom. The zero-order chi connectivity index (χ0) is 22.3. The molecule has 0 spiro atoms. The Morgan fingerprint density at radius 2 is 2.09 bits per heavy atom. The van der Waals surface area contributed by atoms with Gasteiger partial charge in [-0.25, -0.2) is 9.38 Å². The maximum atomic E-state index is 14.0. The quantitative estimate of drug-likeness (QED) is 0.491. The van der Waals surface area contributed by atoms with Gasteiger partial charge in [0.1, 0.15) is 11.7 Å². The molecular formula is C23H23ClFN7. The molecule has 0 saturated heterocycles. The van der Waals surface area contributed by atoms with Crippen LogP contribution in [0.25, 0.3) is 5.57 Å². The first-order valence-electron chi connectivity index (χ1n) is 10.3. The van der Waals surface area contributed by atoms with E-state index in [9.17, 15) is 4.39 Å². The van der Waals surface area contributed by atoms with Gasteiger partial charge in [0.2, 0.25) is 5.79 Å². The Balaban J connectivity index is 1.55. The zero-order valence-electron chi connectivity index (χ0n) is 17.5. The van der Waals surface area contributed by atoms with Crippen molar-refractivity contribution in [2.45, 2.75) is 18.8 Å². The summed E-state index contributed by atoms with van der Waals surface area (Å²) in [4.78, 5) is 4.77. The van der Waals surface area contributed by atoms with Crippen molar-refractivity contribution in [3.05, 3.63) is 88.1 Å². The van der Waals surface area contributed by atoms with E-state index in [4.69, 9.17) is 22.3 Å². The molecule has 9 heteroatoms. The molecule has 5 rings (SSSR count). The van der Waals surface area contributed by atoms with Crippen LogP contribution in [0.3, 0.4) is 0 Å². The van der Waals surface area contributed by atoms with E-state index < -0.39 is 11.6 Å². The number of nitrogens with one attached hydrogen (secondary N) is 3. The lowest BCUT2D eigenvalue weighted by Crippen LogP contribution is -2.50. The van der Waals surface area contributed by atoms with E-state index in [2.05, 4.69) is 33.2 Å². The van der Waals surface area contributed by atoms with E-state index >= 15 is 0 Å². The molecule has 32 heavy (non-hydrogen) atoms. The molecule has 0 fully saturated rings. The van der Waals surface area contributed by atoms with Crippen molar-refractivity contribution in [3.63, 3.8) is 0 Å². The Hall–Kier alpha value is -3.20. The fraction of sp³-hybridized carbons (Fsp3) is 0.217. The van der Waals surface area contributed by atoms with E-state index in [1.807, 2.05) is 19.3 Å². The standard InChI is InChI=1S/C23H23ClFN7/c1-32-13-16(11-29-32)21-12-28-23(26,17-7-18(24)9-19(25)8-17)31-22(21)30-20-3-2-14-4-5-27-10-15(14)6-20/h2-3,6-9,11-13,27-28H,4-5,10,26H2,1H3,(H,30,31). The summed E-state index contributed by atoms with van der Waals surface area (Å²) in [6, 6.07) is 10.4. The predicted molar refractivity (Wildman–Crippen MR) is 125 cm³/mol. The minimum Gasteiger partial charge on any atom is -0.351 e. The zero-order valence-corrected chi connectivity index (χ0v) is 18.2. The van der Waals surface area contributed by atoms with E-state index in [-0.39, 0.29) is 5.02 Å². The highest BCUT2D eigenvalue weighted by atomic mass is 35.5. The highest BCUT2D eigenvalue weighted by molar-refractivity contribution is 6.30. The second-order valence-electron chi connectivity index (χ2n) is 8.03. The number of aromatic nitrogens is 2. The van der Waals surface area contributed by atoms with Crippen molar-refractivity contribution in [1.82, 2.24) is 20.4 Å². The van der Waals surface area contributed by atoms with Gasteiger partial charge in [0.15, 0.2) is 0 Å². The van der Waals surface area contributed by atoms with Gasteiger partial charge < -0.3 is 16.0 Å². The summed E-state index contributed by atoms with van der Waals surface area (Å²) in [6.45, 7) is 1.81. The SMILES string of the molecule is Cn1cc(C2=CNC(N)(c3cc(F)cc(Cl)c3)N=C2Nc2ccc3c(c2)CNCC3)cn1. The molecule has 0 aliphatic carbocycles. The van der Waals surface area contributed by atoms with Crippen LogP contribution in [-0.4, -0.2) is 22.2 Å². The molecule has 1 atom stereocenters. The van der Waals surface area contributed by atoms with Crippen LogP contribution in [0.2, 0.25) is 5.02 Å². The van der Waals surface area contributed by atoms with Gasteiger partial charge in [0, 0.05) is 53.4 Å². The second-order valence-corrected chi connectivity index (χ2v) is 8.46. The van der Waals surface area contributed by atoms with Crippen LogP contribution in [0.15, 0.2) is 60.0 Å². The second kappa shape index (κ2) is 8.05. The number of nitrogens with two attached hydrogens (primary N) is 1. The first-order valence-corrected chi connectivity index (χ1v) is 10.7. The van der Waals surface area contributed by atoms with Crippen molar-refractivity contribution in [2.24, 2.45) is 17.8 Å². The summed E-state index contributed by atoms with van der Waals surface area (Å²) in [6.07, 6.45) is 6.42. The Bertz CT molecular complexity index is 1230. The van der Waals surface area contributed by atoms with E-state index in [0.29, 0.717) is 11.4 Å². The molecule has 0 saturated carbocycles. The van der Waals surface area contributed by atoms with Gasteiger partial charge in [-0.05, 0) is 54.4 Å². The molecule has 164 valence electrons. The smallest absolute Gasteiger partial charge is 0.211 e. The Kier molecular flexibility index (Phi) is 5.21. The number of amidine groups is 1. The number of hydrogen-bond donors (Lipinski definition) is 4. The summed E-state index contributed by atoms with van der Waals surface area (Å²) in [5.41, 5.74) is 12.1. The van der Waals surface area contributed by atoms with E-state index in [1.54, 1.807) is 23.1 Å². The maximum absolute atomic E-state index is 14.0. The number of nitrogens with zero attached hydrogens (tertiary/aromatic N) is 3. The predicted octanol–water partition coefficient (Wildman–Crippen LogP) is 3.08. The maximum Gasteiger partial charge on any atom is 0.211 e. The third kappa shape index (κ3) is 4.00. The number of hydrogen-bond acceptors (Lipinski definition) is 6. The average molecular weight is 452 g/mol. The Morgan fingerprint density at radius 3 is 2.88 bits per heavy atom. The van der Waals surface area contributed by atoms with Gasteiger partial charge in [0.05, 0.1) is 6.20 Å². The molecule has 2 aromatic carbocycles. The lowest BCUT2D eigenvalue weighted by Gasteiger charge is -2.32. The van der Waals surface area contributed by atoms with Crippen LogP contribution in [0.1, 0.15) is 22.3 Å². The molecular weight excluding hydrogens is 429 g/mol. The average Bonchev–Trinajstić information content (AvgIpc) is 3.19. The van der Waals surface area contributed by atoms with Gasteiger partial charge in [-0.2, -0.15) is 5.10 Å². The molecule has 5 N–H and O–H groups in total. The Labute approximate surface area is 190 Å². The number of halogens is 2. The number of fused-ring (bicyclic) bond motifs is 1. The highest BCUT2D eigenvalue weighted by Crippen LogP contribution is 2.29. The fourth-order valence-electron chi connectivity index (χ4n) is 4.01. The van der Waals surface area contributed by atoms with Gasteiger partial charge in [0.25, 0.3) is 0 Å². The lowest BCUT2D eigenvalue weighted by atomic mass is 10.00. The molecule has 7 nitrogen and oxygen atoms in total. The van der Waals surface area contributed by atoms with Gasteiger partial charge in [-0.3, -0.25) is 10.4 Å². The first kappa shape index (κ1) is 20.7. The van der Waals surface area contributed by atoms with Gasteiger partial charge in [-0.15, -0.1) is 0 Å². The molecule has 0 bridgehead atoms. The normalized spacial score (nSPS) is 20.1. The summed E-state index contributed by atoms with van der Waals surface area (Å²) in [7, 11) is 1.85. The van der Waals surface area contributed by atoms with E-state index in [1.165, 1.54) is 23.3 Å². The summed E-state index contributed by atoms with van der Waals surface area (Å²) in [5.74, 6) is -1.33. The number of rotatable bonds is 3. The highest BCUT2D eigenvalue weighted by Gasteiger charge is 2.32. The number of anilines is 1. The summed E-state index contributed by atoms with van der Waals surface area (Å²) in [5, 5.41) is 14.4.